The van der Waals surface area contributed by atoms with E-state index in [2.05, 4.69) is 15.0 Å². The molecule has 0 radical (unpaired) electrons. The number of likely N-dealkylation sites (N-methyl/N-ethyl adjacent to an activating group) is 1. The number of ether oxygens (including phenoxy) is 1. The first kappa shape index (κ1) is 22.7. The zero-order valence-corrected chi connectivity index (χ0v) is 15.5. The number of rotatable bonds is 7. The fourth-order valence-electron chi connectivity index (χ4n) is 2.06. The summed E-state index contributed by atoms with van der Waals surface area (Å²) in [6, 6.07) is 3.46. The van der Waals surface area contributed by atoms with Crippen LogP contribution in [0.2, 0.25) is 0 Å². The van der Waals surface area contributed by atoms with Gasteiger partial charge < -0.3 is 20.3 Å². The maximum Gasteiger partial charge on any atom is 0.573 e. The largest absolute Gasteiger partial charge is 0.573 e. The molecule has 0 saturated carbocycles. The Morgan fingerprint density at radius 1 is 1.21 bits per heavy atom. The third kappa shape index (κ3) is 7.73. The molecule has 1 aromatic carbocycles. The van der Waals surface area contributed by atoms with Crippen molar-refractivity contribution in [2.45, 2.75) is 12.5 Å². The van der Waals surface area contributed by atoms with E-state index in [-0.39, 0.29) is 5.13 Å². The molecule has 0 aliphatic carbocycles. The zero-order valence-electron chi connectivity index (χ0n) is 14.6. The molecule has 0 aliphatic rings. The van der Waals surface area contributed by atoms with Crippen molar-refractivity contribution >= 4 is 38.5 Å². The molecule has 0 bridgehead atoms. The topological polar surface area (TPSA) is 83.6 Å². The minimum absolute atomic E-state index is 0.0743. The molecular weight excluding hydrogens is 430 g/mol. The van der Waals surface area contributed by atoms with Gasteiger partial charge in [0.1, 0.15) is 5.75 Å². The molecule has 0 atom stereocenters. The van der Waals surface area contributed by atoms with E-state index < -0.39 is 49.7 Å². The van der Waals surface area contributed by atoms with Gasteiger partial charge in [-0.1, -0.05) is 11.3 Å². The van der Waals surface area contributed by atoms with Gasteiger partial charge in [-0.25, -0.2) is 4.98 Å². The number of carbonyl (C=O) groups is 2. The lowest BCUT2D eigenvalue weighted by molar-refractivity contribution is -0.274. The van der Waals surface area contributed by atoms with Crippen molar-refractivity contribution in [1.29, 1.82) is 0 Å². The van der Waals surface area contributed by atoms with Crippen molar-refractivity contribution in [3.8, 4) is 5.75 Å². The van der Waals surface area contributed by atoms with Crippen LogP contribution in [0.5, 0.6) is 5.75 Å². The monoisotopic (exact) mass is 444 g/mol. The van der Waals surface area contributed by atoms with Crippen LogP contribution in [0, 0.1) is 0 Å². The van der Waals surface area contributed by atoms with Crippen LogP contribution in [0.15, 0.2) is 18.2 Å². The Morgan fingerprint density at radius 2 is 1.90 bits per heavy atom. The van der Waals surface area contributed by atoms with Crippen LogP contribution < -0.4 is 15.4 Å². The molecule has 1 heterocycles. The summed E-state index contributed by atoms with van der Waals surface area (Å²) in [5, 5.41) is 4.37. The third-order valence-electron chi connectivity index (χ3n) is 3.25. The SMILES string of the molecule is CN(CC(=O)Nc1nc2ccc(OC(F)(F)F)cc2s1)C(=O)CNCC(F)(F)F. The molecule has 1 aromatic heterocycles. The van der Waals surface area contributed by atoms with E-state index in [4.69, 9.17) is 0 Å². The van der Waals surface area contributed by atoms with Crippen molar-refractivity contribution in [3.63, 3.8) is 0 Å². The number of aromatic nitrogens is 1. The highest BCUT2D eigenvalue weighted by molar-refractivity contribution is 7.22. The number of halogens is 6. The van der Waals surface area contributed by atoms with Crippen LogP contribution in [0.25, 0.3) is 10.2 Å². The van der Waals surface area contributed by atoms with E-state index in [9.17, 15) is 35.9 Å². The molecule has 0 unspecified atom stereocenters. The number of benzene rings is 1. The fourth-order valence-corrected chi connectivity index (χ4v) is 2.97. The number of amides is 2. The third-order valence-corrected chi connectivity index (χ3v) is 4.18. The predicted octanol–water partition coefficient (Wildman–Crippen LogP) is 2.74. The van der Waals surface area contributed by atoms with Crippen molar-refractivity contribution in [1.82, 2.24) is 15.2 Å². The van der Waals surface area contributed by atoms with Gasteiger partial charge in [-0.3, -0.25) is 9.59 Å². The summed E-state index contributed by atoms with van der Waals surface area (Å²) in [6.07, 6.45) is -9.31. The van der Waals surface area contributed by atoms with E-state index in [1.54, 1.807) is 0 Å². The molecule has 0 aliphatic heterocycles. The van der Waals surface area contributed by atoms with Crippen LogP contribution in [-0.2, 0) is 9.59 Å². The lowest BCUT2D eigenvalue weighted by atomic mass is 10.3. The molecule has 0 spiro atoms. The number of hydrogen-bond acceptors (Lipinski definition) is 6. The Morgan fingerprint density at radius 3 is 2.52 bits per heavy atom. The molecule has 0 saturated heterocycles. The van der Waals surface area contributed by atoms with Gasteiger partial charge in [0, 0.05) is 13.1 Å². The number of anilines is 1. The summed E-state index contributed by atoms with van der Waals surface area (Å²) < 4.78 is 77.0. The van der Waals surface area contributed by atoms with E-state index in [1.807, 2.05) is 5.32 Å². The Kier molecular flexibility index (Phi) is 6.89. The molecule has 7 nitrogen and oxygen atoms in total. The average molecular weight is 444 g/mol. The minimum Gasteiger partial charge on any atom is -0.406 e. The number of alkyl halides is 6. The van der Waals surface area contributed by atoms with E-state index in [1.165, 1.54) is 13.1 Å². The van der Waals surface area contributed by atoms with Gasteiger partial charge in [0.2, 0.25) is 11.8 Å². The normalized spacial score (nSPS) is 12.1. The Bertz CT molecular complexity index is 883. The van der Waals surface area contributed by atoms with Crippen LogP contribution in [0.1, 0.15) is 0 Å². The molecule has 0 fully saturated rings. The first-order valence-corrected chi connectivity index (χ1v) is 8.62. The van der Waals surface area contributed by atoms with Crippen LogP contribution in [0.3, 0.4) is 0 Å². The second kappa shape index (κ2) is 8.82. The number of carbonyl (C=O) groups excluding carboxylic acids is 2. The number of hydrogen-bond donors (Lipinski definition) is 2. The fraction of sp³-hybridized carbons (Fsp3) is 0.400. The van der Waals surface area contributed by atoms with Gasteiger partial charge in [-0.2, -0.15) is 13.2 Å². The summed E-state index contributed by atoms with van der Waals surface area (Å²) in [7, 11) is 1.23. The Hall–Kier alpha value is -2.61. The second-order valence-electron chi connectivity index (χ2n) is 5.71. The van der Waals surface area contributed by atoms with Crippen LogP contribution >= 0.6 is 11.3 Å². The van der Waals surface area contributed by atoms with Gasteiger partial charge in [-0.15, -0.1) is 13.2 Å². The molecule has 29 heavy (non-hydrogen) atoms. The maximum absolute atomic E-state index is 12.3. The summed E-state index contributed by atoms with van der Waals surface area (Å²) in [4.78, 5) is 28.6. The summed E-state index contributed by atoms with van der Waals surface area (Å²) in [5.41, 5.74) is 0.320. The predicted molar refractivity (Wildman–Crippen MR) is 91.5 cm³/mol. The molecule has 160 valence electrons. The molecule has 2 aromatic rings. The minimum atomic E-state index is -4.85. The molecule has 14 heteroatoms. The highest BCUT2D eigenvalue weighted by Crippen LogP contribution is 2.31. The number of nitrogens with zero attached hydrogens (tertiary/aromatic N) is 2. The van der Waals surface area contributed by atoms with E-state index in [0.717, 1.165) is 28.4 Å². The smallest absolute Gasteiger partial charge is 0.406 e. The highest BCUT2D eigenvalue weighted by atomic mass is 32.1. The number of thiazole rings is 1. The van der Waals surface area contributed by atoms with Crippen molar-refractivity contribution in [2.75, 3.05) is 32.0 Å². The van der Waals surface area contributed by atoms with Crippen molar-refractivity contribution in [2.24, 2.45) is 0 Å². The lowest BCUT2D eigenvalue weighted by Gasteiger charge is -2.17. The maximum atomic E-state index is 12.3. The summed E-state index contributed by atoms with van der Waals surface area (Å²) in [5.74, 6) is -1.85. The van der Waals surface area contributed by atoms with Crippen molar-refractivity contribution < 1.29 is 40.7 Å². The molecule has 2 N–H and O–H groups in total. The second-order valence-corrected chi connectivity index (χ2v) is 6.74. The molecular formula is C15H14F6N4O3S. The van der Waals surface area contributed by atoms with E-state index >= 15 is 0 Å². The van der Waals surface area contributed by atoms with Crippen molar-refractivity contribution in [3.05, 3.63) is 18.2 Å². The van der Waals surface area contributed by atoms with Crippen LogP contribution in [-0.4, -0.2) is 60.9 Å². The molecule has 2 rings (SSSR count). The first-order valence-electron chi connectivity index (χ1n) is 7.80. The average Bonchev–Trinajstić information content (AvgIpc) is 2.92. The Balaban J connectivity index is 1.91. The van der Waals surface area contributed by atoms with Gasteiger partial charge >= 0.3 is 12.5 Å². The van der Waals surface area contributed by atoms with Gasteiger partial charge in [0.05, 0.1) is 29.9 Å². The lowest BCUT2D eigenvalue weighted by Crippen LogP contribution is -2.42. The Labute approximate surface area is 163 Å². The first-order chi connectivity index (χ1) is 13.3. The van der Waals surface area contributed by atoms with Gasteiger partial charge in [-0.05, 0) is 12.1 Å². The quantitative estimate of drug-likeness (QED) is 0.642. The van der Waals surface area contributed by atoms with E-state index in [0.29, 0.717) is 10.2 Å². The van der Waals surface area contributed by atoms with Crippen LogP contribution in [0.4, 0.5) is 31.5 Å². The zero-order chi connectivity index (χ0) is 21.8. The summed E-state index contributed by atoms with van der Waals surface area (Å²) >= 11 is 0.887. The highest BCUT2D eigenvalue weighted by Gasteiger charge is 2.31. The molecule has 2 amide bonds. The van der Waals surface area contributed by atoms with Gasteiger partial charge in [0.15, 0.2) is 5.13 Å². The van der Waals surface area contributed by atoms with Gasteiger partial charge in [0.25, 0.3) is 0 Å². The number of nitrogens with one attached hydrogen (secondary N) is 2. The standard InChI is InChI=1S/C15H14F6N4O3S/c1-25(12(27)5-22-7-14(16,17)18)6-11(26)24-13-23-9-3-2-8(4-10(9)29-13)28-15(19,20)21/h2-4,22H,5-7H2,1H3,(H,23,24,26). The summed E-state index contributed by atoms with van der Waals surface area (Å²) in [6.45, 7) is -2.40. The number of fused-ring (bicyclic) bond motifs is 1.